The van der Waals surface area contributed by atoms with E-state index in [-0.39, 0.29) is 0 Å². The molecule has 1 N–H and O–H groups in total. The van der Waals surface area contributed by atoms with Gasteiger partial charge in [-0.25, -0.2) is 4.79 Å². The molecule has 0 radical (unpaired) electrons. The maximum atomic E-state index is 11.3. The van der Waals surface area contributed by atoms with Crippen molar-refractivity contribution >= 4 is 12.0 Å². The van der Waals surface area contributed by atoms with E-state index in [2.05, 4.69) is 38.7 Å². The Morgan fingerprint density at radius 3 is 2.50 bits per heavy atom. The molecule has 0 saturated carbocycles. The molecule has 3 nitrogen and oxygen atoms in total. The Kier molecular flexibility index (Phi) is 8.73. The summed E-state index contributed by atoms with van der Waals surface area (Å²) in [6.45, 7) is 10.5. The van der Waals surface area contributed by atoms with Crippen LogP contribution in [0.15, 0.2) is 11.6 Å². The van der Waals surface area contributed by atoms with Crippen LogP contribution in [0.4, 0.5) is 0 Å². The summed E-state index contributed by atoms with van der Waals surface area (Å²) >= 11 is 0. The second-order valence-corrected chi connectivity index (χ2v) is 7.29. The molecular formula is C21H33NO2. The van der Waals surface area contributed by atoms with Gasteiger partial charge in [0.2, 0.25) is 0 Å². The van der Waals surface area contributed by atoms with Crippen molar-refractivity contribution in [2.24, 2.45) is 5.92 Å². The largest absolute Gasteiger partial charge is 0.478 e. The summed E-state index contributed by atoms with van der Waals surface area (Å²) < 4.78 is 0. The molecule has 0 aliphatic heterocycles. The van der Waals surface area contributed by atoms with Gasteiger partial charge >= 0.3 is 5.97 Å². The molecule has 1 aliphatic rings. The van der Waals surface area contributed by atoms with Crippen molar-refractivity contribution in [2.75, 3.05) is 0 Å². The average molecular weight is 332 g/mol. The summed E-state index contributed by atoms with van der Waals surface area (Å²) in [6, 6.07) is 2.14. The molecule has 0 unspecified atom stereocenters. The molecule has 0 aromatic carbocycles. The number of nitrogens with zero attached hydrogens (tertiary/aromatic N) is 1. The summed E-state index contributed by atoms with van der Waals surface area (Å²) in [5, 5.41) is 9.30. The van der Waals surface area contributed by atoms with Gasteiger partial charge in [-0.2, -0.15) is 0 Å². The normalized spacial score (nSPS) is 14.0. The van der Waals surface area contributed by atoms with Crippen LogP contribution >= 0.6 is 0 Å². The van der Waals surface area contributed by atoms with E-state index in [0.29, 0.717) is 12.0 Å². The number of hydrogen-bond donors (Lipinski definition) is 1. The third kappa shape index (κ3) is 6.86. The van der Waals surface area contributed by atoms with Gasteiger partial charge in [-0.15, -0.1) is 0 Å². The summed E-state index contributed by atoms with van der Waals surface area (Å²) in [5.41, 5.74) is 4.91. The molecule has 1 aromatic rings. The lowest BCUT2D eigenvalue weighted by molar-refractivity contribution is -0.132. The molecule has 0 saturated heterocycles. The zero-order valence-corrected chi connectivity index (χ0v) is 16.0. The lowest BCUT2D eigenvalue weighted by Crippen LogP contribution is -2.08. The quantitative estimate of drug-likeness (QED) is 0.716. The minimum Gasteiger partial charge on any atom is -0.478 e. The Bertz CT molecular complexity index is 571. The summed E-state index contributed by atoms with van der Waals surface area (Å²) in [5.74, 6) is 0.0237. The Balaban J connectivity index is 0.000000648. The minimum absolute atomic E-state index is 0.493. The zero-order valence-electron chi connectivity index (χ0n) is 16.0. The van der Waals surface area contributed by atoms with E-state index in [1.807, 2.05) is 13.0 Å². The fourth-order valence-electron chi connectivity index (χ4n) is 2.70. The number of aromatic nitrogens is 1. The van der Waals surface area contributed by atoms with Crippen LogP contribution in [0.3, 0.4) is 0 Å². The van der Waals surface area contributed by atoms with Gasteiger partial charge in [-0.05, 0) is 74.6 Å². The van der Waals surface area contributed by atoms with E-state index in [1.54, 1.807) is 0 Å². The first-order valence-electron chi connectivity index (χ1n) is 9.28. The van der Waals surface area contributed by atoms with Gasteiger partial charge in [0.15, 0.2) is 0 Å². The lowest BCUT2D eigenvalue weighted by Gasteiger charge is -2.16. The number of fused-ring (bicyclic) bond motifs is 1. The molecule has 1 aliphatic carbocycles. The van der Waals surface area contributed by atoms with Gasteiger partial charge in [0, 0.05) is 17.0 Å². The molecule has 0 bridgehead atoms. The highest BCUT2D eigenvalue weighted by atomic mass is 16.4. The Morgan fingerprint density at radius 2 is 1.92 bits per heavy atom. The van der Waals surface area contributed by atoms with E-state index in [1.165, 1.54) is 24.1 Å². The van der Waals surface area contributed by atoms with Crippen molar-refractivity contribution in [2.45, 2.75) is 79.6 Å². The van der Waals surface area contributed by atoms with Gasteiger partial charge in [0.25, 0.3) is 0 Å². The third-order valence-electron chi connectivity index (χ3n) is 3.93. The fourth-order valence-corrected chi connectivity index (χ4v) is 2.70. The molecule has 1 heterocycles. The molecule has 1 aromatic heterocycles. The topological polar surface area (TPSA) is 50.2 Å². The molecule has 134 valence electrons. The first-order valence-corrected chi connectivity index (χ1v) is 9.28. The van der Waals surface area contributed by atoms with Gasteiger partial charge < -0.3 is 5.11 Å². The third-order valence-corrected chi connectivity index (χ3v) is 3.93. The maximum Gasteiger partial charge on any atom is 0.331 e. The maximum absolute atomic E-state index is 11.3. The predicted molar refractivity (Wildman–Crippen MR) is 101 cm³/mol. The van der Waals surface area contributed by atoms with Crippen LogP contribution < -0.4 is 0 Å². The van der Waals surface area contributed by atoms with Crippen LogP contribution in [0.25, 0.3) is 6.08 Å². The number of hydrogen-bond acceptors (Lipinski definition) is 2. The monoisotopic (exact) mass is 331 g/mol. The Hall–Kier alpha value is -1.64. The van der Waals surface area contributed by atoms with Crippen LogP contribution in [0, 0.1) is 12.8 Å². The number of rotatable bonds is 5. The number of carboxylic acids is 1. The van der Waals surface area contributed by atoms with Crippen molar-refractivity contribution in [1.82, 2.24) is 4.98 Å². The van der Waals surface area contributed by atoms with E-state index in [0.717, 1.165) is 42.9 Å². The summed E-state index contributed by atoms with van der Waals surface area (Å²) in [6.07, 6.45) is 8.91. The molecular weight excluding hydrogens is 298 g/mol. The van der Waals surface area contributed by atoms with Gasteiger partial charge in [0.05, 0.1) is 0 Å². The minimum atomic E-state index is -0.810. The Morgan fingerprint density at radius 1 is 1.29 bits per heavy atom. The fraction of sp³-hybridized carbons (Fsp3) is 0.619. The average Bonchev–Trinajstić information content (AvgIpc) is 2.50. The van der Waals surface area contributed by atoms with Crippen molar-refractivity contribution in [1.29, 1.82) is 0 Å². The van der Waals surface area contributed by atoms with Crippen molar-refractivity contribution in [3.63, 3.8) is 0 Å². The van der Waals surface area contributed by atoms with Crippen LogP contribution in [0.1, 0.15) is 82.3 Å². The van der Waals surface area contributed by atoms with Gasteiger partial charge in [-0.1, -0.05) is 34.1 Å². The predicted octanol–water partition coefficient (Wildman–Crippen LogP) is 5.59. The number of carbonyl (C=O) groups is 1. The number of aliphatic carboxylic acids is 1. The molecule has 0 spiro atoms. The van der Waals surface area contributed by atoms with Crippen LogP contribution in [-0.2, 0) is 17.6 Å². The molecule has 3 heteroatoms. The number of unbranched alkanes of at least 4 members (excludes halogenated alkanes) is 1. The van der Waals surface area contributed by atoms with Gasteiger partial charge in [0.1, 0.15) is 0 Å². The number of carboxylic acid groups (broad SMARTS) is 1. The van der Waals surface area contributed by atoms with E-state index < -0.39 is 5.97 Å². The highest BCUT2D eigenvalue weighted by molar-refractivity contribution is 5.92. The van der Waals surface area contributed by atoms with Crippen LogP contribution in [0.2, 0.25) is 0 Å². The van der Waals surface area contributed by atoms with Gasteiger partial charge in [-0.3, -0.25) is 4.98 Å². The lowest BCUT2D eigenvalue weighted by atomic mass is 9.93. The smallest absolute Gasteiger partial charge is 0.331 e. The second kappa shape index (κ2) is 10.3. The summed E-state index contributed by atoms with van der Waals surface area (Å²) in [4.78, 5) is 16.0. The van der Waals surface area contributed by atoms with Crippen LogP contribution in [-0.4, -0.2) is 16.1 Å². The first-order chi connectivity index (χ1) is 11.3. The molecule has 2 rings (SSSR count). The highest BCUT2D eigenvalue weighted by Gasteiger charge is 2.14. The van der Waals surface area contributed by atoms with E-state index >= 15 is 0 Å². The zero-order chi connectivity index (χ0) is 18.1. The summed E-state index contributed by atoms with van der Waals surface area (Å²) in [7, 11) is 0. The first kappa shape index (κ1) is 20.4. The standard InChI is InChI=1S/C17H23NO2.C4H10/c1-3-4-7-14(17(19)20)11-15-10-13-8-5-6-9-16(13)18-12(15)2;1-4(2)3/h10-11H,3-9H2,1-2H3,(H,19,20);4H,1-3H3/b14-11+;. The number of pyridine rings is 1. The highest BCUT2D eigenvalue weighted by Crippen LogP contribution is 2.24. The van der Waals surface area contributed by atoms with Crippen molar-refractivity contribution < 1.29 is 9.90 Å². The van der Waals surface area contributed by atoms with Crippen LogP contribution in [0.5, 0.6) is 0 Å². The van der Waals surface area contributed by atoms with Crippen molar-refractivity contribution in [3.8, 4) is 0 Å². The van der Waals surface area contributed by atoms with Crippen molar-refractivity contribution in [3.05, 3.63) is 34.2 Å². The SMILES string of the molecule is CC(C)C.CCCC/C(=C\c1cc2c(nc1C)CCCC2)C(=O)O. The number of aryl methyl sites for hydroxylation is 3. The van der Waals surface area contributed by atoms with E-state index in [4.69, 9.17) is 0 Å². The molecule has 0 atom stereocenters. The van der Waals surface area contributed by atoms with E-state index in [9.17, 15) is 9.90 Å². The second-order valence-electron chi connectivity index (χ2n) is 7.29. The molecule has 0 amide bonds. The molecule has 0 fully saturated rings. The Labute approximate surface area is 147 Å². The molecule has 24 heavy (non-hydrogen) atoms.